The zero-order chi connectivity index (χ0) is 13.6. The van der Waals surface area contributed by atoms with E-state index in [9.17, 15) is 9.50 Å². The van der Waals surface area contributed by atoms with Gasteiger partial charge in [0.1, 0.15) is 11.9 Å². The van der Waals surface area contributed by atoms with Crippen LogP contribution in [0.4, 0.5) is 4.39 Å². The quantitative estimate of drug-likeness (QED) is 0.814. The second-order valence-corrected chi connectivity index (χ2v) is 4.43. The van der Waals surface area contributed by atoms with Gasteiger partial charge in [0.15, 0.2) is 0 Å². The Morgan fingerprint density at radius 1 is 1.39 bits per heavy atom. The van der Waals surface area contributed by atoms with Crippen LogP contribution in [0.15, 0.2) is 18.2 Å². The second-order valence-electron chi connectivity index (χ2n) is 4.43. The summed E-state index contributed by atoms with van der Waals surface area (Å²) in [5.74, 6) is -0.482. The Hall–Kier alpha value is -1.44. The van der Waals surface area contributed by atoms with Crippen LogP contribution in [0.3, 0.4) is 0 Å². The number of rotatable bonds is 6. The number of aliphatic hydroxyl groups is 1. The molecule has 0 heterocycles. The topological polar surface area (TPSA) is 56.0 Å². The van der Waals surface area contributed by atoms with Gasteiger partial charge in [0.2, 0.25) is 0 Å². The number of nitriles is 1. The van der Waals surface area contributed by atoms with Gasteiger partial charge in [-0.2, -0.15) is 5.26 Å². The molecule has 0 fully saturated rings. The van der Waals surface area contributed by atoms with Crippen molar-refractivity contribution >= 4 is 0 Å². The van der Waals surface area contributed by atoms with E-state index in [0.29, 0.717) is 31.5 Å². The van der Waals surface area contributed by atoms with Gasteiger partial charge in [0.25, 0.3) is 0 Å². The minimum atomic E-state index is -0.747. The van der Waals surface area contributed by atoms with Gasteiger partial charge < -0.3 is 10.4 Å². The van der Waals surface area contributed by atoms with Crippen LogP contribution < -0.4 is 5.32 Å². The minimum Gasteiger partial charge on any atom is -0.389 e. The molecule has 4 heteroatoms. The molecule has 0 radical (unpaired) electrons. The van der Waals surface area contributed by atoms with Crippen LogP contribution >= 0.6 is 0 Å². The maximum Gasteiger partial charge on any atom is 0.145 e. The summed E-state index contributed by atoms with van der Waals surface area (Å²) < 4.78 is 13.7. The third-order valence-corrected chi connectivity index (χ3v) is 3.28. The Bertz CT molecular complexity index is 436. The van der Waals surface area contributed by atoms with Crippen molar-refractivity contribution in [2.24, 2.45) is 0 Å². The van der Waals surface area contributed by atoms with Crippen LogP contribution in [-0.4, -0.2) is 17.3 Å². The van der Waals surface area contributed by atoms with E-state index >= 15 is 0 Å². The van der Waals surface area contributed by atoms with Gasteiger partial charge in [-0.25, -0.2) is 4.39 Å². The van der Waals surface area contributed by atoms with Gasteiger partial charge in [-0.3, -0.25) is 0 Å². The molecule has 2 N–H and O–H groups in total. The molecule has 0 spiro atoms. The standard InChI is InChI=1S/C14H19FN2O/c1-3-14(18,4-2)10-17-9-12-7-5-6-11(8-16)13(12)15/h5-7,17-18H,3-4,9-10H2,1-2H3. The van der Waals surface area contributed by atoms with E-state index in [1.807, 2.05) is 19.9 Å². The molecule has 18 heavy (non-hydrogen) atoms. The third kappa shape index (κ3) is 3.52. The Kier molecular flexibility index (Phi) is 5.26. The zero-order valence-electron chi connectivity index (χ0n) is 10.8. The minimum absolute atomic E-state index is 0.0514. The van der Waals surface area contributed by atoms with E-state index in [1.165, 1.54) is 6.07 Å². The molecule has 98 valence electrons. The van der Waals surface area contributed by atoms with E-state index < -0.39 is 11.4 Å². The highest BCUT2D eigenvalue weighted by Gasteiger charge is 2.21. The number of nitrogens with one attached hydrogen (secondary N) is 1. The molecule has 0 amide bonds. The van der Waals surface area contributed by atoms with Gasteiger partial charge in [-0.15, -0.1) is 0 Å². The second kappa shape index (κ2) is 6.48. The Morgan fingerprint density at radius 2 is 2.06 bits per heavy atom. The summed E-state index contributed by atoms with van der Waals surface area (Å²) >= 11 is 0. The highest BCUT2D eigenvalue weighted by atomic mass is 19.1. The summed E-state index contributed by atoms with van der Waals surface area (Å²) in [5, 5.41) is 21.8. The van der Waals surface area contributed by atoms with Crippen LogP contribution in [0.1, 0.15) is 37.8 Å². The lowest BCUT2D eigenvalue weighted by atomic mass is 9.97. The Labute approximate surface area is 107 Å². The predicted molar refractivity (Wildman–Crippen MR) is 68.4 cm³/mol. The molecule has 0 aliphatic carbocycles. The molecular formula is C14H19FN2O. The third-order valence-electron chi connectivity index (χ3n) is 3.28. The number of nitrogens with zero attached hydrogens (tertiary/aromatic N) is 1. The van der Waals surface area contributed by atoms with Crippen molar-refractivity contribution < 1.29 is 9.50 Å². The van der Waals surface area contributed by atoms with Crippen molar-refractivity contribution in [1.29, 1.82) is 5.26 Å². The maximum absolute atomic E-state index is 13.7. The average molecular weight is 250 g/mol. The predicted octanol–water partition coefficient (Wildman–Crippen LogP) is 2.34. The van der Waals surface area contributed by atoms with E-state index in [2.05, 4.69) is 5.32 Å². The SMILES string of the molecule is CCC(O)(CC)CNCc1cccc(C#N)c1F. The van der Waals surface area contributed by atoms with Gasteiger partial charge in [0.05, 0.1) is 11.2 Å². The van der Waals surface area contributed by atoms with Crippen LogP contribution in [0.2, 0.25) is 0 Å². The zero-order valence-corrected chi connectivity index (χ0v) is 10.8. The van der Waals surface area contributed by atoms with Crippen LogP contribution in [0.25, 0.3) is 0 Å². The smallest absolute Gasteiger partial charge is 0.145 e. The van der Waals surface area contributed by atoms with Crippen molar-refractivity contribution in [3.63, 3.8) is 0 Å². The monoisotopic (exact) mass is 250 g/mol. The summed E-state index contributed by atoms with van der Waals surface area (Å²) in [5.41, 5.74) is -0.247. The Balaban J connectivity index is 2.63. The highest BCUT2D eigenvalue weighted by molar-refractivity contribution is 5.34. The van der Waals surface area contributed by atoms with Crippen molar-refractivity contribution in [3.8, 4) is 6.07 Å². The first-order chi connectivity index (χ1) is 8.56. The van der Waals surface area contributed by atoms with Gasteiger partial charge >= 0.3 is 0 Å². The van der Waals surface area contributed by atoms with E-state index in [-0.39, 0.29) is 5.56 Å². The lowest BCUT2D eigenvalue weighted by molar-refractivity contribution is 0.0322. The summed E-state index contributed by atoms with van der Waals surface area (Å²) in [7, 11) is 0. The van der Waals surface area contributed by atoms with Crippen LogP contribution in [0, 0.1) is 17.1 Å². The molecular weight excluding hydrogens is 231 g/mol. The Morgan fingerprint density at radius 3 is 2.61 bits per heavy atom. The van der Waals surface area contributed by atoms with Crippen molar-refractivity contribution in [2.75, 3.05) is 6.54 Å². The van der Waals surface area contributed by atoms with Crippen molar-refractivity contribution in [3.05, 3.63) is 35.1 Å². The number of halogens is 1. The van der Waals surface area contributed by atoms with Crippen molar-refractivity contribution in [2.45, 2.75) is 38.8 Å². The molecule has 1 rings (SSSR count). The number of benzene rings is 1. The van der Waals surface area contributed by atoms with Gasteiger partial charge in [0, 0.05) is 18.7 Å². The lowest BCUT2D eigenvalue weighted by Crippen LogP contribution is -2.39. The first-order valence-corrected chi connectivity index (χ1v) is 6.17. The molecule has 0 saturated carbocycles. The van der Waals surface area contributed by atoms with Crippen LogP contribution in [-0.2, 0) is 6.54 Å². The van der Waals surface area contributed by atoms with Gasteiger partial charge in [-0.1, -0.05) is 26.0 Å². The highest BCUT2D eigenvalue weighted by Crippen LogP contribution is 2.15. The first-order valence-electron chi connectivity index (χ1n) is 6.17. The fraction of sp³-hybridized carbons (Fsp3) is 0.500. The number of hydrogen-bond donors (Lipinski definition) is 2. The molecule has 0 aromatic heterocycles. The van der Waals surface area contributed by atoms with E-state index in [0.717, 1.165) is 0 Å². The summed E-state index contributed by atoms with van der Waals surface area (Å²) in [6.07, 6.45) is 1.30. The molecule has 0 bridgehead atoms. The summed E-state index contributed by atoms with van der Waals surface area (Å²) in [6.45, 7) is 4.56. The lowest BCUT2D eigenvalue weighted by Gasteiger charge is -2.25. The summed E-state index contributed by atoms with van der Waals surface area (Å²) in [6, 6.07) is 6.56. The molecule has 0 atom stereocenters. The fourth-order valence-electron chi connectivity index (χ4n) is 1.73. The molecule has 0 aliphatic rings. The average Bonchev–Trinajstić information content (AvgIpc) is 2.40. The van der Waals surface area contributed by atoms with Crippen molar-refractivity contribution in [1.82, 2.24) is 5.32 Å². The van der Waals surface area contributed by atoms with Crippen LogP contribution in [0.5, 0.6) is 0 Å². The summed E-state index contributed by atoms with van der Waals surface area (Å²) in [4.78, 5) is 0. The fourth-order valence-corrected chi connectivity index (χ4v) is 1.73. The first kappa shape index (κ1) is 14.6. The molecule has 0 saturated heterocycles. The molecule has 0 unspecified atom stereocenters. The largest absolute Gasteiger partial charge is 0.389 e. The van der Waals surface area contributed by atoms with Gasteiger partial charge in [-0.05, 0) is 18.9 Å². The number of hydrogen-bond acceptors (Lipinski definition) is 3. The molecule has 3 nitrogen and oxygen atoms in total. The van der Waals surface area contributed by atoms with E-state index in [4.69, 9.17) is 5.26 Å². The molecule has 0 aliphatic heterocycles. The van der Waals surface area contributed by atoms with E-state index in [1.54, 1.807) is 12.1 Å². The molecule has 1 aromatic rings. The normalized spacial score (nSPS) is 11.3. The molecule has 1 aromatic carbocycles. The maximum atomic E-state index is 13.7.